The Morgan fingerprint density at radius 1 is 1.25 bits per heavy atom. The number of aromatic nitrogens is 2. The van der Waals surface area contributed by atoms with Crippen LogP contribution in [0.4, 0.5) is 0 Å². The van der Waals surface area contributed by atoms with E-state index in [0.717, 1.165) is 35.8 Å². The van der Waals surface area contributed by atoms with Gasteiger partial charge in [0.2, 0.25) is 0 Å². The minimum atomic E-state index is 0.220. The van der Waals surface area contributed by atoms with Crippen LogP contribution >= 0.6 is 11.6 Å². The van der Waals surface area contributed by atoms with Crippen molar-refractivity contribution in [3.63, 3.8) is 0 Å². The predicted octanol–water partition coefficient (Wildman–Crippen LogP) is 3.96. The molecule has 0 amide bonds. The molecule has 0 saturated heterocycles. The van der Waals surface area contributed by atoms with Crippen molar-refractivity contribution < 1.29 is 0 Å². The van der Waals surface area contributed by atoms with Crippen molar-refractivity contribution in [2.24, 2.45) is 11.7 Å². The first kappa shape index (κ1) is 15.8. The highest BCUT2D eigenvalue weighted by Gasteiger charge is 2.23. The quantitative estimate of drug-likeness (QED) is 0.836. The molecule has 0 radical (unpaired) electrons. The summed E-state index contributed by atoms with van der Waals surface area (Å²) in [5, 5.41) is 5.44. The van der Waals surface area contributed by atoms with E-state index in [2.05, 4.69) is 18.9 Å². The van der Waals surface area contributed by atoms with Gasteiger partial charge in [0.15, 0.2) is 0 Å². The lowest BCUT2D eigenvalue weighted by atomic mass is 9.89. The van der Waals surface area contributed by atoms with Crippen molar-refractivity contribution in [2.45, 2.75) is 77.8 Å². The Balaban J connectivity index is 2.09. The fraction of sp³-hybridized carbons (Fsp3) is 0.812. The number of nitrogens with zero attached hydrogens (tertiary/aromatic N) is 2. The van der Waals surface area contributed by atoms with E-state index in [9.17, 15) is 0 Å². The smallest absolute Gasteiger partial charge is 0.0850 e. The molecule has 1 aromatic rings. The molecule has 0 bridgehead atoms. The van der Waals surface area contributed by atoms with E-state index in [-0.39, 0.29) is 6.04 Å². The van der Waals surface area contributed by atoms with Gasteiger partial charge in [-0.1, -0.05) is 44.2 Å². The summed E-state index contributed by atoms with van der Waals surface area (Å²) < 4.78 is 2.04. The number of aryl methyl sites for hydroxylation is 2. The fourth-order valence-electron chi connectivity index (χ4n) is 3.34. The molecule has 4 heteroatoms. The van der Waals surface area contributed by atoms with Gasteiger partial charge in [-0.05, 0) is 32.1 Å². The largest absolute Gasteiger partial charge is 0.327 e. The van der Waals surface area contributed by atoms with Gasteiger partial charge in [-0.3, -0.25) is 4.68 Å². The molecule has 1 saturated carbocycles. The number of hydrogen-bond donors (Lipinski definition) is 1. The lowest BCUT2D eigenvalue weighted by Gasteiger charge is -2.22. The highest BCUT2D eigenvalue weighted by atomic mass is 35.5. The summed E-state index contributed by atoms with van der Waals surface area (Å²) in [7, 11) is 0. The summed E-state index contributed by atoms with van der Waals surface area (Å²) in [6.45, 7) is 5.08. The van der Waals surface area contributed by atoms with Gasteiger partial charge in [0.1, 0.15) is 0 Å². The molecule has 1 heterocycles. The van der Waals surface area contributed by atoms with Crippen molar-refractivity contribution in [2.75, 3.05) is 0 Å². The van der Waals surface area contributed by atoms with Crippen LogP contribution in [0.15, 0.2) is 0 Å². The first-order valence-corrected chi connectivity index (χ1v) is 8.54. The van der Waals surface area contributed by atoms with Crippen molar-refractivity contribution >= 4 is 11.6 Å². The molecule has 0 aliphatic heterocycles. The zero-order chi connectivity index (χ0) is 14.5. The van der Waals surface area contributed by atoms with Gasteiger partial charge in [0, 0.05) is 19.0 Å². The van der Waals surface area contributed by atoms with E-state index in [1.165, 1.54) is 38.5 Å². The number of nitrogens with two attached hydrogens (primary N) is 1. The molecule has 0 aromatic carbocycles. The van der Waals surface area contributed by atoms with Gasteiger partial charge in [-0.2, -0.15) is 5.10 Å². The number of hydrogen-bond acceptors (Lipinski definition) is 2. The lowest BCUT2D eigenvalue weighted by molar-refractivity contribution is 0.366. The molecule has 3 nitrogen and oxygen atoms in total. The van der Waals surface area contributed by atoms with Crippen LogP contribution in [0.5, 0.6) is 0 Å². The normalized spacial score (nSPS) is 19.0. The average Bonchev–Trinajstić information content (AvgIpc) is 2.65. The first-order chi connectivity index (χ1) is 9.67. The van der Waals surface area contributed by atoms with E-state index in [4.69, 9.17) is 17.3 Å². The molecule has 2 rings (SSSR count). The van der Waals surface area contributed by atoms with Crippen LogP contribution in [-0.4, -0.2) is 15.8 Å². The summed E-state index contributed by atoms with van der Waals surface area (Å²) in [4.78, 5) is 0. The molecule has 1 aromatic heterocycles. The van der Waals surface area contributed by atoms with Gasteiger partial charge in [0.05, 0.1) is 16.4 Å². The lowest BCUT2D eigenvalue weighted by Crippen LogP contribution is -2.33. The van der Waals surface area contributed by atoms with Crippen LogP contribution in [-0.2, 0) is 19.4 Å². The minimum absolute atomic E-state index is 0.220. The summed E-state index contributed by atoms with van der Waals surface area (Å²) in [6.07, 6.45) is 9.72. The third-order valence-electron chi connectivity index (χ3n) is 4.63. The van der Waals surface area contributed by atoms with Crippen LogP contribution in [0, 0.1) is 5.92 Å². The SMILES string of the molecule is CCc1nn(CC)c(CC(N)C2CCCCCC2)c1Cl. The zero-order valence-corrected chi connectivity index (χ0v) is 13.6. The Morgan fingerprint density at radius 2 is 1.90 bits per heavy atom. The summed E-state index contributed by atoms with van der Waals surface area (Å²) in [5.41, 5.74) is 8.65. The van der Waals surface area contributed by atoms with E-state index >= 15 is 0 Å². The first-order valence-electron chi connectivity index (χ1n) is 8.17. The number of rotatable bonds is 5. The van der Waals surface area contributed by atoms with Crippen molar-refractivity contribution in [3.8, 4) is 0 Å². The monoisotopic (exact) mass is 297 g/mol. The Hall–Kier alpha value is -0.540. The van der Waals surface area contributed by atoms with Crippen LogP contribution in [0.3, 0.4) is 0 Å². The highest BCUT2D eigenvalue weighted by Crippen LogP contribution is 2.29. The second-order valence-electron chi connectivity index (χ2n) is 6.00. The Labute approximate surface area is 127 Å². The third kappa shape index (κ3) is 3.56. The molecule has 0 spiro atoms. The number of halogens is 1. The zero-order valence-electron chi connectivity index (χ0n) is 12.9. The molecule has 1 aliphatic carbocycles. The van der Waals surface area contributed by atoms with Gasteiger partial charge in [-0.25, -0.2) is 0 Å². The van der Waals surface area contributed by atoms with E-state index in [1.54, 1.807) is 0 Å². The highest BCUT2D eigenvalue weighted by molar-refractivity contribution is 6.31. The molecule has 1 aliphatic rings. The molecule has 1 unspecified atom stereocenters. The summed E-state index contributed by atoms with van der Waals surface area (Å²) in [5.74, 6) is 0.652. The molecule has 1 fully saturated rings. The standard InChI is InChI=1S/C16H28ClN3/c1-3-14-16(17)15(20(4-2)19-14)11-13(18)12-9-7-5-6-8-10-12/h12-13H,3-11,18H2,1-2H3. The van der Waals surface area contributed by atoms with Gasteiger partial charge < -0.3 is 5.73 Å². The van der Waals surface area contributed by atoms with Crippen molar-refractivity contribution in [1.82, 2.24) is 9.78 Å². The van der Waals surface area contributed by atoms with Crippen molar-refractivity contribution in [3.05, 3.63) is 16.4 Å². The van der Waals surface area contributed by atoms with E-state index in [1.807, 2.05) is 4.68 Å². The average molecular weight is 298 g/mol. The van der Waals surface area contributed by atoms with Gasteiger partial charge in [0.25, 0.3) is 0 Å². The predicted molar refractivity (Wildman–Crippen MR) is 85.2 cm³/mol. The summed E-state index contributed by atoms with van der Waals surface area (Å²) in [6, 6.07) is 0.220. The maximum atomic E-state index is 6.49. The Morgan fingerprint density at radius 3 is 2.45 bits per heavy atom. The topological polar surface area (TPSA) is 43.8 Å². The van der Waals surface area contributed by atoms with Crippen LogP contribution in [0.25, 0.3) is 0 Å². The third-order valence-corrected chi connectivity index (χ3v) is 5.06. The Kier molecular flexibility index (Phi) is 5.91. The second kappa shape index (κ2) is 7.46. The van der Waals surface area contributed by atoms with Crippen LogP contribution < -0.4 is 5.73 Å². The molecular formula is C16H28ClN3. The molecular weight excluding hydrogens is 270 g/mol. The second-order valence-corrected chi connectivity index (χ2v) is 6.37. The minimum Gasteiger partial charge on any atom is -0.327 e. The van der Waals surface area contributed by atoms with Crippen LogP contribution in [0.2, 0.25) is 5.02 Å². The maximum absolute atomic E-state index is 6.49. The molecule has 1 atom stereocenters. The Bertz CT molecular complexity index is 420. The van der Waals surface area contributed by atoms with E-state index in [0.29, 0.717) is 5.92 Å². The van der Waals surface area contributed by atoms with E-state index < -0.39 is 0 Å². The molecule has 20 heavy (non-hydrogen) atoms. The van der Waals surface area contributed by atoms with Gasteiger partial charge in [-0.15, -0.1) is 0 Å². The molecule has 2 N–H and O–H groups in total. The van der Waals surface area contributed by atoms with Crippen molar-refractivity contribution in [1.29, 1.82) is 0 Å². The van der Waals surface area contributed by atoms with Gasteiger partial charge >= 0.3 is 0 Å². The molecule has 114 valence electrons. The van der Waals surface area contributed by atoms with Crippen LogP contribution in [0.1, 0.15) is 63.8 Å². The maximum Gasteiger partial charge on any atom is 0.0850 e. The fourth-order valence-corrected chi connectivity index (χ4v) is 3.69. The summed E-state index contributed by atoms with van der Waals surface area (Å²) >= 11 is 6.48.